The van der Waals surface area contributed by atoms with Crippen molar-refractivity contribution < 1.29 is 9.47 Å². The highest BCUT2D eigenvalue weighted by atomic mass is 127. The van der Waals surface area contributed by atoms with E-state index in [-0.39, 0.29) is 30.1 Å². The van der Waals surface area contributed by atoms with Crippen LogP contribution in [0.15, 0.2) is 47.6 Å². The number of hydrogen-bond acceptors (Lipinski definition) is 5. The number of anilines is 1. The summed E-state index contributed by atoms with van der Waals surface area (Å²) in [7, 11) is 3.44. The number of nitrogens with zero attached hydrogens (tertiary/aromatic N) is 3. The second kappa shape index (κ2) is 11.8. The van der Waals surface area contributed by atoms with Gasteiger partial charge in [-0.2, -0.15) is 0 Å². The summed E-state index contributed by atoms with van der Waals surface area (Å²) in [5.41, 5.74) is 2.18. The molecule has 0 saturated carbocycles. The quantitative estimate of drug-likeness (QED) is 0.353. The lowest BCUT2D eigenvalue weighted by Gasteiger charge is -2.32. The van der Waals surface area contributed by atoms with Crippen LogP contribution in [0, 0.1) is 0 Å². The molecule has 0 bridgehead atoms. The van der Waals surface area contributed by atoms with Crippen LogP contribution in [-0.4, -0.2) is 50.9 Å². The zero-order valence-corrected chi connectivity index (χ0v) is 19.6. The van der Waals surface area contributed by atoms with Crippen LogP contribution in [-0.2, 0) is 17.8 Å². The smallest absolute Gasteiger partial charge is 0.191 e. The van der Waals surface area contributed by atoms with Crippen molar-refractivity contribution in [3.05, 3.63) is 53.7 Å². The van der Waals surface area contributed by atoms with Crippen LogP contribution in [0.25, 0.3) is 0 Å². The van der Waals surface area contributed by atoms with E-state index in [9.17, 15) is 0 Å². The van der Waals surface area contributed by atoms with Crippen LogP contribution >= 0.6 is 24.0 Å². The van der Waals surface area contributed by atoms with Crippen molar-refractivity contribution in [1.29, 1.82) is 0 Å². The van der Waals surface area contributed by atoms with Gasteiger partial charge in [0.1, 0.15) is 11.6 Å². The molecule has 0 amide bonds. The maximum absolute atomic E-state index is 5.59. The summed E-state index contributed by atoms with van der Waals surface area (Å²) in [6.45, 7) is 5.89. The summed E-state index contributed by atoms with van der Waals surface area (Å²) in [4.78, 5) is 11.2. The summed E-state index contributed by atoms with van der Waals surface area (Å²) < 4.78 is 11.0. The minimum Gasteiger partial charge on any atom is -0.496 e. The Morgan fingerprint density at radius 1 is 1.24 bits per heavy atom. The molecule has 158 valence electrons. The van der Waals surface area contributed by atoms with E-state index in [1.165, 1.54) is 0 Å². The van der Waals surface area contributed by atoms with Crippen molar-refractivity contribution in [2.45, 2.75) is 26.1 Å². The average molecular weight is 511 g/mol. The van der Waals surface area contributed by atoms with Gasteiger partial charge >= 0.3 is 0 Å². The van der Waals surface area contributed by atoms with Gasteiger partial charge in [-0.05, 0) is 24.6 Å². The van der Waals surface area contributed by atoms with Crippen molar-refractivity contribution in [3.8, 4) is 5.75 Å². The highest BCUT2D eigenvalue weighted by Crippen LogP contribution is 2.17. The van der Waals surface area contributed by atoms with Gasteiger partial charge < -0.3 is 25.0 Å². The molecule has 8 heteroatoms. The molecular formula is C21H30IN5O2. The first-order chi connectivity index (χ1) is 13.7. The van der Waals surface area contributed by atoms with Crippen molar-refractivity contribution >= 4 is 35.8 Å². The van der Waals surface area contributed by atoms with Crippen molar-refractivity contribution in [3.63, 3.8) is 0 Å². The Morgan fingerprint density at radius 2 is 2.03 bits per heavy atom. The lowest BCUT2D eigenvalue weighted by atomic mass is 10.2. The molecule has 29 heavy (non-hydrogen) atoms. The Bertz CT molecular complexity index is 785. The third-order valence-electron chi connectivity index (χ3n) is 4.70. The van der Waals surface area contributed by atoms with Gasteiger partial charge in [-0.15, -0.1) is 24.0 Å². The fourth-order valence-electron chi connectivity index (χ4n) is 3.17. The van der Waals surface area contributed by atoms with Gasteiger partial charge in [0.15, 0.2) is 5.96 Å². The lowest BCUT2D eigenvalue weighted by Crippen LogP contribution is -2.41. The standard InChI is InChI=1S/C21H29N5O2.HI/c1-16-15-26(10-11-28-16)20-9-8-17(12-23-20)13-24-21(22-2)25-14-18-6-4-5-7-19(18)27-3;/h4-9,12,16H,10-11,13-15H2,1-3H3,(H2,22,24,25);1H. The van der Waals surface area contributed by atoms with Gasteiger partial charge in [-0.1, -0.05) is 24.3 Å². The normalized spacial score (nSPS) is 16.7. The number of pyridine rings is 1. The van der Waals surface area contributed by atoms with Crippen LogP contribution in [0.5, 0.6) is 5.75 Å². The second-order valence-corrected chi connectivity index (χ2v) is 6.74. The van der Waals surface area contributed by atoms with Gasteiger partial charge in [0.05, 0.1) is 19.8 Å². The fraction of sp³-hybridized carbons (Fsp3) is 0.429. The third kappa shape index (κ3) is 6.74. The van der Waals surface area contributed by atoms with Crippen LogP contribution in [0.3, 0.4) is 0 Å². The van der Waals surface area contributed by atoms with Crippen molar-refractivity contribution in [2.24, 2.45) is 4.99 Å². The van der Waals surface area contributed by atoms with Gasteiger partial charge in [-0.3, -0.25) is 4.99 Å². The number of benzene rings is 1. The maximum Gasteiger partial charge on any atom is 0.191 e. The molecule has 7 nitrogen and oxygen atoms in total. The molecule has 1 aliphatic heterocycles. The van der Waals surface area contributed by atoms with Crippen molar-refractivity contribution in [2.75, 3.05) is 38.8 Å². The number of para-hydroxylation sites is 1. The van der Waals surface area contributed by atoms with E-state index in [0.29, 0.717) is 13.1 Å². The first kappa shape index (κ1) is 23.2. The first-order valence-corrected chi connectivity index (χ1v) is 9.57. The van der Waals surface area contributed by atoms with Gasteiger partial charge in [0.25, 0.3) is 0 Å². The second-order valence-electron chi connectivity index (χ2n) is 6.74. The van der Waals surface area contributed by atoms with Crippen LogP contribution < -0.4 is 20.3 Å². The number of guanidine groups is 1. The van der Waals surface area contributed by atoms with E-state index in [4.69, 9.17) is 9.47 Å². The minimum atomic E-state index is 0. The Labute approximate surface area is 189 Å². The number of ether oxygens (including phenoxy) is 2. The molecule has 1 aromatic heterocycles. The Hall–Kier alpha value is -2.07. The first-order valence-electron chi connectivity index (χ1n) is 9.57. The van der Waals surface area contributed by atoms with E-state index in [0.717, 1.165) is 48.4 Å². The number of aromatic nitrogens is 1. The molecule has 1 saturated heterocycles. The molecule has 3 rings (SSSR count). The van der Waals surface area contributed by atoms with Crippen molar-refractivity contribution in [1.82, 2.24) is 15.6 Å². The molecule has 0 aliphatic carbocycles. The number of hydrogen-bond donors (Lipinski definition) is 2. The predicted molar refractivity (Wildman–Crippen MR) is 127 cm³/mol. The van der Waals surface area contributed by atoms with E-state index in [2.05, 4.69) is 44.6 Å². The predicted octanol–water partition coefficient (Wildman–Crippen LogP) is 2.80. The number of aliphatic imine (C=N–C) groups is 1. The summed E-state index contributed by atoms with van der Waals surface area (Å²) in [5.74, 6) is 2.59. The van der Waals surface area contributed by atoms with Gasteiger partial charge in [0, 0.05) is 45.0 Å². The Balaban J connectivity index is 0.00000300. The molecule has 1 aromatic carbocycles. The SMILES string of the molecule is CN=C(NCc1ccc(N2CCOC(C)C2)nc1)NCc1ccccc1OC.I. The fourth-order valence-corrected chi connectivity index (χ4v) is 3.17. The molecule has 1 fully saturated rings. The summed E-state index contributed by atoms with van der Waals surface area (Å²) in [5, 5.41) is 6.64. The zero-order chi connectivity index (χ0) is 19.8. The van der Waals surface area contributed by atoms with E-state index < -0.39 is 0 Å². The topological polar surface area (TPSA) is 71.0 Å². The molecule has 0 spiro atoms. The van der Waals surface area contributed by atoms with Gasteiger partial charge in [0.2, 0.25) is 0 Å². The third-order valence-corrected chi connectivity index (χ3v) is 4.70. The number of morpholine rings is 1. The zero-order valence-electron chi connectivity index (χ0n) is 17.2. The molecule has 0 radical (unpaired) electrons. The largest absolute Gasteiger partial charge is 0.496 e. The summed E-state index contributed by atoms with van der Waals surface area (Å²) in [6, 6.07) is 12.1. The number of halogens is 1. The van der Waals surface area contributed by atoms with Crippen LogP contribution in [0.2, 0.25) is 0 Å². The lowest BCUT2D eigenvalue weighted by molar-refractivity contribution is 0.0529. The molecule has 2 heterocycles. The molecular weight excluding hydrogens is 481 g/mol. The Kier molecular flexibility index (Phi) is 9.46. The average Bonchev–Trinajstić information content (AvgIpc) is 2.74. The highest BCUT2D eigenvalue weighted by Gasteiger charge is 2.17. The van der Waals surface area contributed by atoms with Gasteiger partial charge in [-0.25, -0.2) is 4.98 Å². The monoisotopic (exact) mass is 511 g/mol. The number of nitrogens with one attached hydrogen (secondary N) is 2. The molecule has 2 N–H and O–H groups in total. The van der Waals surface area contributed by atoms with Crippen LogP contribution in [0.1, 0.15) is 18.1 Å². The van der Waals surface area contributed by atoms with E-state index in [1.54, 1.807) is 14.2 Å². The summed E-state index contributed by atoms with van der Waals surface area (Å²) in [6.07, 6.45) is 2.16. The number of methoxy groups -OCH3 is 1. The molecule has 2 aromatic rings. The maximum atomic E-state index is 5.59. The molecule has 1 atom stereocenters. The Morgan fingerprint density at radius 3 is 2.72 bits per heavy atom. The highest BCUT2D eigenvalue weighted by molar-refractivity contribution is 14.0. The molecule has 1 aliphatic rings. The number of rotatable bonds is 6. The summed E-state index contributed by atoms with van der Waals surface area (Å²) >= 11 is 0. The van der Waals surface area contributed by atoms with E-state index in [1.807, 2.05) is 30.5 Å². The van der Waals surface area contributed by atoms with E-state index >= 15 is 0 Å². The molecule has 1 unspecified atom stereocenters. The minimum absolute atomic E-state index is 0. The van der Waals surface area contributed by atoms with Crippen LogP contribution in [0.4, 0.5) is 5.82 Å².